The Morgan fingerprint density at radius 2 is 1.59 bits per heavy atom. The molecule has 0 aliphatic rings. The lowest BCUT2D eigenvalue weighted by Crippen LogP contribution is -2.40. The zero-order chi connectivity index (χ0) is 13.3. The predicted octanol–water partition coefficient (Wildman–Crippen LogP) is 2.47. The summed E-state index contributed by atoms with van der Waals surface area (Å²) in [6.07, 6.45) is 0. The monoisotopic (exact) mass is 254 g/mol. The Morgan fingerprint density at radius 1 is 1.12 bits per heavy atom. The van der Waals surface area contributed by atoms with E-state index < -0.39 is 19.8 Å². The Morgan fingerprint density at radius 3 is 2.00 bits per heavy atom. The van der Waals surface area contributed by atoms with Crippen molar-refractivity contribution in [3.05, 3.63) is 35.9 Å². The van der Waals surface area contributed by atoms with Crippen molar-refractivity contribution in [2.45, 2.75) is 37.7 Å². The van der Waals surface area contributed by atoms with Crippen LogP contribution in [0.15, 0.2) is 30.3 Å². The van der Waals surface area contributed by atoms with Gasteiger partial charge in [0.2, 0.25) is 0 Å². The molecule has 1 unspecified atom stereocenters. The molecule has 4 heteroatoms. The molecule has 0 N–H and O–H groups in total. The number of carbonyl (C=O) groups is 1. The molecule has 94 valence electrons. The van der Waals surface area contributed by atoms with Crippen LogP contribution in [-0.2, 0) is 9.84 Å². The summed E-state index contributed by atoms with van der Waals surface area (Å²) in [6.45, 7) is 6.28. The first-order valence-electron chi connectivity index (χ1n) is 5.50. The van der Waals surface area contributed by atoms with E-state index in [0.29, 0.717) is 5.56 Å². The summed E-state index contributed by atoms with van der Waals surface area (Å²) in [6, 6.07) is 8.51. The topological polar surface area (TPSA) is 51.2 Å². The van der Waals surface area contributed by atoms with E-state index >= 15 is 0 Å². The van der Waals surface area contributed by atoms with Crippen LogP contribution in [-0.4, -0.2) is 24.2 Å². The van der Waals surface area contributed by atoms with Crippen LogP contribution in [0, 0.1) is 0 Å². The summed E-state index contributed by atoms with van der Waals surface area (Å²) < 4.78 is 23.4. The number of benzene rings is 1. The van der Waals surface area contributed by atoms with Gasteiger partial charge in [0.25, 0.3) is 0 Å². The molecule has 0 aromatic heterocycles. The molecule has 1 rings (SSSR count). The van der Waals surface area contributed by atoms with Gasteiger partial charge in [0.1, 0.15) is 5.25 Å². The molecular formula is C13H18O3S. The number of sulfone groups is 1. The average molecular weight is 254 g/mol. The SMILES string of the molecule is CC(C(=O)c1ccccc1)S(=O)(=O)C(C)(C)C. The Hall–Kier alpha value is -1.16. The fraction of sp³-hybridized carbons (Fsp3) is 0.462. The number of Topliss-reactive ketones (excluding diaryl/α,β-unsaturated/α-hetero) is 1. The van der Waals surface area contributed by atoms with Gasteiger partial charge in [0.05, 0.1) is 4.75 Å². The fourth-order valence-corrected chi connectivity index (χ4v) is 2.99. The molecule has 0 amide bonds. The van der Waals surface area contributed by atoms with Gasteiger partial charge in [-0.25, -0.2) is 8.42 Å². The van der Waals surface area contributed by atoms with Crippen molar-refractivity contribution in [3.63, 3.8) is 0 Å². The van der Waals surface area contributed by atoms with Crippen molar-refractivity contribution in [1.29, 1.82) is 0 Å². The van der Waals surface area contributed by atoms with E-state index in [9.17, 15) is 13.2 Å². The molecule has 0 radical (unpaired) electrons. The van der Waals surface area contributed by atoms with E-state index in [0.717, 1.165) is 0 Å². The van der Waals surface area contributed by atoms with E-state index in [4.69, 9.17) is 0 Å². The van der Waals surface area contributed by atoms with Gasteiger partial charge in [-0.05, 0) is 27.7 Å². The summed E-state index contributed by atoms with van der Waals surface area (Å²) in [7, 11) is -3.47. The Bertz CT molecular complexity index is 495. The highest BCUT2D eigenvalue weighted by Gasteiger charge is 2.38. The van der Waals surface area contributed by atoms with E-state index in [1.54, 1.807) is 51.1 Å². The molecule has 17 heavy (non-hydrogen) atoms. The third kappa shape index (κ3) is 2.75. The molecule has 0 heterocycles. The van der Waals surface area contributed by atoms with E-state index in [2.05, 4.69) is 0 Å². The van der Waals surface area contributed by atoms with Crippen LogP contribution in [0.2, 0.25) is 0 Å². The van der Waals surface area contributed by atoms with E-state index in [-0.39, 0.29) is 5.78 Å². The van der Waals surface area contributed by atoms with E-state index in [1.807, 2.05) is 0 Å². The third-order valence-electron chi connectivity index (χ3n) is 2.75. The number of ketones is 1. The molecule has 0 spiro atoms. The van der Waals surface area contributed by atoms with Crippen LogP contribution in [0.3, 0.4) is 0 Å². The molecule has 1 atom stereocenters. The van der Waals surface area contributed by atoms with Gasteiger partial charge in [-0.1, -0.05) is 30.3 Å². The van der Waals surface area contributed by atoms with Crippen molar-refractivity contribution in [1.82, 2.24) is 0 Å². The second-order valence-electron chi connectivity index (χ2n) is 5.03. The van der Waals surface area contributed by atoms with Gasteiger partial charge >= 0.3 is 0 Å². The molecule has 0 aliphatic carbocycles. The number of rotatable bonds is 3. The van der Waals surface area contributed by atoms with Gasteiger partial charge in [0, 0.05) is 5.56 Å². The molecule has 1 aromatic carbocycles. The first-order chi connectivity index (χ1) is 7.68. The first kappa shape index (κ1) is 13.9. The lowest BCUT2D eigenvalue weighted by atomic mass is 10.1. The average Bonchev–Trinajstić information content (AvgIpc) is 2.26. The Balaban J connectivity index is 3.09. The molecule has 0 bridgehead atoms. The van der Waals surface area contributed by atoms with Crippen LogP contribution in [0.4, 0.5) is 0 Å². The minimum atomic E-state index is -3.47. The summed E-state index contributed by atoms with van der Waals surface area (Å²) in [5.41, 5.74) is 0.438. The van der Waals surface area contributed by atoms with Crippen LogP contribution >= 0.6 is 0 Å². The van der Waals surface area contributed by atoms with Crippen molar-refractivity contribution in [2.75, 3.05) is 0 Å². The zero-order valence-electron chi connectivity index (χ0n) is 10.6. The van der Waals surface area contributed by atoms with Crippen molar-refractivity contribution in [3.8, 4) is 0 Å². The van der Waals surface area contributed by atoms with Crippen molar-refractivity contribution >= 4 is 15.6 Å². The Labute approximate surface area is 103 Å². The summed E-state index contributed by atoms with van der Waals surface area (Å²) >= 11 is 0. The van der Waals surface area contributed by atoms with E-state index in [1.165, 1.54) is 6.92 Å². The number of carbonyl (C=O) groups excluding carboxylic acids is 1. The van der Waals surface area contributed by atoms with Gasteiger partial charge < -0.3 is 0 Å². The van der Waals surface area contributed by atoms with Crippen LogP contribution in [0.25, 0.3) is 0 Å². The highest BCUT2D eigenvalue weighted by atomic mass is 32.2. The molecule has 1 aromatic rings. The highest BCUT2D eigenvalue weighted by molar-refractivity contribution is 7.94. The smallest absolute Gasteiger partial charge is 0.180 e. The second kappa shape index (κ2) is 4.61. The maximum atomic E-state index is 12.1. The van der Waals surface area contributed by atoms with Gasteiger partial charge in [0.15, 0.2) is 15.6 Å². The van der Waals surface area contributed by atoms with Gasteiger partial charge in [-0.3, -0.25) is 4.79 Å². The summed E-state index contributed by atoms with van der Waals surface area (Å²) in [5.74, 6) is -0.347. The number of hydrogen-bond acceptors (Lipinski definition) is 3. The summed E-state index contributed by atoms with van der Waals surface area (Å²) in [4.78, 5) is 12.1. The third-order valence-corrected chi connectivity index (χ3v) is 5.60. The molecule has 0 saturated carbocycles. The first-order valence-corrected chi connectivity index (χ1v) is 7.05. The maximum Gasteiger partial charge on any atom is 0.180 e. The lowest BCUT2D eigenvalue weighted by molar-refractivity contribution is 0.0990. The molecule has 0 saturated heterocycles. The normalized spacial score (nSPS) is 14.4. The van der Waals surface area contributed by atoms with Gasteiger partial charge in [-0.15, -0.1) is 0 Å². The van der Waals surface area contributed by atoms with Crippen molar-refractivity contribution < 1.29 is 13.2 Å². The van der Waals surface area contributed by atoms with Crippen molar-refractivity contribution in [2.24, 2.45) is 0 Å². The van der Waals surface area contributed by atoms with Crippen LogP contribution < -0.4 is 0 Å². The molecule has 0 fully saturated rings. The Kier molecular flexibility index (Phi) is 3.77. The second-order valence-corrected chi connectivity index (χ2v) is 8.05. The minimum absolute atomic E-state index is 0.347. The summed E-state index contributed by atoms with van der Waals surface area (Å²) in [5, 5.41) is -1.01. The minimum Gasteiger partial charge on any atom is -0.293 e. The molecular weight excluding hydrogens is 236 g/mol. The van der Waals surface area contributed by atoms with Crippen LogP contribution in [0.1, 0.15) is 38.1 Å². The quantitative estimate of drug-likeness (QED) is 0.779. The number of hydrogen-bond donors (Lipinski definition) is 0. The molecule has 3 nitrogen and oxygen atoms in total. The standard InChI is InChI=1S/C13H18O3S/c1-10(17(15,16)13(2,3)4)12(14)11-8-6-5-7-9-11/h5-10H,1-4H3. The zero-order valence-corrected chi connectivity index (χ0v) is 11.4. The van der Waals surface area contributed by atoms with Crippen LogP contribution in [0.5, 0.6) is 0 Å². The largest absolute Gasteiger partial charge is 0.293 e. The fourth-order valence-electron chi connectivity index (χ4n) is 1.51. The predicted molar refractivity (Wildman–Crippen MR) is 68.9 cm³/mol. The van der Waals surface area contributed by atoms with Gasteiger partial charge in [-0.2, -0.15) is 0 Å². The highest BCUT2D eigenvalue weighted by Crippen LogP contribution is 2.23. The molecule has 0 aliphatic heterocycles. The maximum absolute atomic E-state index is 12.1. The lowest BCUT2D eigenvalue weighted by Gasteiger charge is -2.23.